The number of anilines is 1. The summed E-state index contributed by atoms with van der Waals surface area (Å²) < 4.78 is 45.9. The number of ether oxygens (including phenoxy) is 1. The molecule has 3 fully saturated rings. The number of amides is 3. The molecule has 7 rings (SSSR count). The first-order chi connectivity index (χ1) is 23.2. The van der Waals surface area contributed by atoms with E-state index < -0.39 is 59.9 Å². The minimum Gasteiger partial charge on any atom is -0.484 e. The molecule has 3 heterocycles. The van der Waals surface area contributed by atoms with Crippen LogP contribution in [-0.2, 0) is 25.4 Å². The fourth-order valence-electron chi connectivity index (χ4n) is 8.46. The van der Waals surface area contributed by atoms with Crippen LogP contribution >= 0.6 is 23.1 Å². The number of thioether (sulfide) groups is 1. The molecule has 2 bridgehead atoms. The Bertz CT molecular complexity index is 1910. The van der Waals surface area contributed by atoms with Gasteiger partial charge < -0.3 is 20.1 Å². The quantitative estimate of drug-likeness (QED) is 0.248. The van der Waals surface area contributed by atoms with Gasteiger partial charge in [0.2, 0.25) is 11.8 Å². The minimum atomic E-state index is -4.66. The van der Waals surface area contributed by atoms with E-state index in [2.05, 4.69) is 10.3 Å². The lowest BCUT2D eigenvalue weighted by Gasteiger charge is -2.43. The third-order valence-electron chi connectivity index (χ3n) is 10.1. The Morgan fingerprint density at radius 3 is 2.47 bits per heavy atom. The predicted octanol–water partition coefficient (Wildman–Crippen LogP) is 5.45. The first kappa shape index (κ1) is 33.4. The summed E-state index contributed by atoms with van der Waals surface area (Å²) in [6.07, 6.45) is -3.88. The van der Waals surface area contributed by atoms with Gasteiger partial charge in [-0.1, -0.05) is 49.4 Å². The summed E-state index contributed by atoms with van der Waals surface area (Å²) in [5, 5.41) is 12.8. The normalized spacial score (nSPS) is 27.6. The summed E-state index contributed by atoms with van der Waals surface area (Å²) in [6, 6.07) is 10.3. The topological polar surface area (TPSA) is 146 Å². The van der Waals surface area contributed by atoms with Crippen LogP contribution in [0.5, 0.6) is 5.75 Å². The van der Waals surface area contributed by atoms with Gasteiger partial charge in [0.05, 0.1) is 28.1 Å². The fourth-order valence-corrected chi connectivity index (χ4v) is 11.3. The van der Waals surface area contributed by atoms with Gasteiger partial charge in [-0.05, 0) is 66.3 Å². The lowest BCUT2D eigenvalue weighted by Crippen LogP contribution is -2.47. The number of aromatic nitrogens is 1. The van der Waals surface area contributed by atoms with Crippen molar-refractivity contribution in [3.05, 3.63) is 74.2 Å². The Morgan fingerprint density at radius 1 is 1.06 bits per heavy atom. The summed E-state index contributed by atoms with van der Waals surface area (Å²) in [7, 11) is 0. The van der Waals surface area contributed by atoms with Crippen LogP contribution in [0.2, 0.25) is 0 Å². The smallest absolute Gasteiger partial charge is 0.418 e. The molecular weight excluding hydrogens is 684 g/mol. The van der Waals surface area contributed by atoms with Gasteiger partial charge in [-0.25, -0.2) is 4.79 Å². The number of nitrogens with one attached hydrogen (secondary N) is 2. The molecule has 1 aromatic heterocycles. The van der Waals surface area contributed by atoms with Crippen molar-refractivity contribution in [2.75, 3.05) is 11.9 Å². The van der Waals surface area contributed by atoms with Crippen molar-refractivity contribution in [3.8, 4) is 5.75 Å². The highest BCUT2D eigenvalue weighted by Crippen LogP contribution is 2.68. The van der Waals surface area contributed by atoms with E-state index in [9.17, 15) is 42.3 Å². The van der Waals surface area contributed by atoms with Crippen LogP contribution in [0.1, 0.15) is 48.6 Å². The van der Waals surface area contributed by atoms with Crippen LogP contribution in [0.15, 0.2) is 58.4 Å². The SMILES string of the molecule is CC(C)CC(C(=O)O)N1C(=O)C2C3CC(C2C1=O)C1C3Sc2[nH]c(=O)sc2[C@@H]1c1cccc(OCC(=O)Nc2ccccc2C(F)(F)F)c1. The van der Waals surface area contributed by atoms with E-state index in [0.29, 0.717) is 11.4 Å². The van der Waals surface area contributed by atoms with E-state index >= 15 is 0 Å². The molecule has 15 heteroatoms. The van der Waals surface area contributed by atoms with Gasteiger partial charge in [-0.3, -0.25) is 24.1 Å². The summed E-state index contributed by atoms with van der Waals surface area (Å²) in [4.78, 5) is 69.8. The third-order valence-corrected chi connectivity index (χ3v) is 12.7. The number of halogens is 3. The molecule has 3 aromatic rings. The molecule has 7 unspecified atom stereocenters. The summed E-state index contributed by atoms with van der Waals surface area (Å²) in [5.74, 6) is -4.85. The predicted molar refractivity (Wildman–Crippen MR) is 173 cm³/mol. The number of likely N-dealkylation sites (tertiary alicyclic amines) is 1. The first-order valence-corrected chi connectivity index (χ1v) is 17.6. The van der Waals surface area contributed by atoms with Crippen molar-refractivity contribution >= 4 is 52.5 Å². The molecule has 2 aliphatic carbocycles. The van der Waals surface area contributed by atoms with Gasteiger partial charge in [-0.15, -0.1) is 11.8 Å². The number of benzene rings is 2. The number of carbonyl (C=O) groups is 4. The van der Waals surface area contributed by atoms with E-state index in [-0.39, 0.29) is 57.6 Å². The molecule has 258 valence electrons. The van der Waals surface area contributed by atoms with E-state index in [1.807, 2.05) is 19.9 Å². The molecule has 2 saturated carbocycles. The summed E-state index contributed by atoms with van der Waals surface area (Å²) in [6.45, 7) is 3.13. The Kier molecular flexibility index (Phi) is 8.41. The van der Waals surface area contributed by atoms with Gasteiger partial charge in [-0.2, -0.15) is 13.2 Å². The average molecular weight is 716 g/mol. The number of H-pyrrole nitrogens is 1. The number of fused-ring (bicyclic) bond motifs is 9. The van der Waals surface area contributed by atoms with Gasteiger partial charge in [0.1, 0.15) is 11.8 Å². The maximum absolute atomic E-state index is 14.0. The Hall–Kier alpha value is -4.11. The third kappa shape index (κ3) is 5.73. The molecule has 49 heavy (non-hydrogen) atoms. The van der Waals surface area contributed by atoms with Crippen molar-refractivity contribution < 1.29 is 42.2 Å². The van der Waals surface area contributed by atoms with Crippen LogP contribution in [0.25, 0.3) is 0 Å². The van der Waals surface area contributed by atoms with E-state index in [1.165, 1.54) is 23.9 Å². The average Bonchev–Trinajstić information content (AvgIpc) is 3.77. The standard InChI is InChI=1S/C34H32F3N3O7S2/c1-14(2)10-21(32(44)45)40-30(42)25-17-12-18(26(25)31(40)43)27-24(17)23(28-29(48-27)39-33(46)49-28)15-6-5-7-16(11-15)47-13-22(41)38-20-9-4-3-8-19(20)34(35,36)37/h3-9,11,14,17-18,21,23-27H,10,12-13H2,1-2H3,(H,38,41)(H,39,46)(H,44,45)/t17?,18?,21?,23-,24?,25?,26?,27?/m1/s1. The zero-order chi connectivity index (χ0) is 34.9. The van der Waals surface area contributed by atoms with Crippen LogP contribution in [0.3, 0.4) is 0 Å². The highest BCUT2D eigenvalue weighted by molar-refractivity contribution is 8.00. The zero-order valence-corrected chi connectivity index (χ0v) is 27.9. The van der Waals surface area contributed by atoms with Crippen LogP contribution in [0.4, 0.5) is 18.9 Å². The second-order valence-electron chi connectivity index (χ2n) is 13.4. The minimum absolute atomic E-state index is 0.0505. The van der Waals surface area contributed by atoms with Crippen molar-refractivity contribution in [2.45, 2.75) is 55.1 Å². The van der Waals surface area contributed by atoms with Gasteiger partial charge >= 0.3 is 17.0 Å². The number of thiazole rings is 1. The van der Waals surface area contributed by atoms with Crippen LogP contribution in [0, 0.1) is 35.5 Å². The Labute approximate surface area is 286 Å². The number of carbonyl (C=O) groups excluding carboxylic acids is 3. The molecule has 4 aliphatic rings. The van der Waals surface area contributed by atoms with Gasteiger partial charge in [0, 0.05) is 16.0 Å². The van der Waals surface area contributed by atoms with Crippen molar-refractivity contribution in [3.63, 3.8) is 0 Å². The lowest BCUT2D eigenvalue weighted by atomic mass is 9.68. The Morgan fingerprint density at radius 2 is 1.78 bits per heavy atom. The molecule has 2 aromatic carbocycles. The van der Waals surface area contributed by atoms with Crippen molar-refractivity contribution in [1.29, 1.82) is 0 Å². The van der Waals surface area contributed by atoms with E-state index in [4.69, 9.17) is 4.74 Å². The van der Waals surface area contributed by atoms with E-state index in [0.717, 1.165) is 38.8 Å². The number of hydrogen-bond donors (Lipinski definition) is 3. The maximum Gasteiger partial charge on any atom is 0.418 e. The number of alkyl halides is 3. The fraction of sp³-hybridized carbons (Fsp3) is 0.441. The highest BCUT2D eigenvalue weighted by Gasteiger charge is 2.70. The van der Waals surface area contributed by atoms with Crippen molar-refractivity contribution in [2.24, 2.45) is 35.5 Å². The number of para-hydroxylation sites is 1. The number of imide groups is 1. The molecule has 1 saturated heterocycles. The second-order valence-corrected chi connectivity index (χ2v) is 15.6. The summed E-state index contributed by atoms with van der Waals surface area (Å²) in [5.41, 5.74) is -0.605. The molecule has 3 amide bonds. The molecule has 0 radical (unpaired) electrons. The molecule has 2 aliphatic heterocycles. The molecule has 10 nitrogen and oxygen atoms in total. The first-order valence-electron chi connectivity index (χ1n) is 15.9. The largest absolute Gasteiger partial charge is 0.484 e. The number of nitrogens with zero attached hydrogens (tertiary/aromatic N) is 1. The van der Waals surface area contributed by atoms with Crippen LogP contribution < -0.4 is 14.9 Å². The number of rotatable bonds is 9. The molecule has 8 atom stereocenters. The van der Waals surface area contributed by atoms with E-state index in [1.54, 1.807) is 18.2 Å². The molecule has 3 N–H and O–H groups in total. The number of carboxylic acid groups (broad SMARTS) is 1. The number of aliphatic carboxylic acids is 1. The van der Waals surface area contributed by atoms with Crippen LogP contribution in [-0.4, -0.2) is 56.6 Å². The number of aromatic amines is 1. The highest BCUT2D eigenvalue weighted by atomic mass is 32.2. The molecular formula is C34H32F3N3O7S2. The lowest BCUT2D eigenvalue weighted by molar-refractivity contribution is -0.156. The monoisotopic (exact) mass is 715 g/mol. The van der Waals surface area contributed by atoms with Crippen molar-refractivity contribution in [1.82, 2.24) is 9.88 Å². The number of carboxylic acids is 1. The Balaban J connectivity index is 1.16. The number of hydrogen-bond acceptors (Lipinski definition) is 8. The molecule has 0 spiro atoms. The maximum atomic E-state index is 14.0. The van der Waals surface area contributed by atoms with Gasteiger partial charge in [0.25, 0.3) is 5.91 Å². The second kappa shape index (κ2) is 12.3. The van der Waals surface area contributed by atoms with Gasteiger partial charge in [0.15, 0.2) is 6.61 Å². The zero-order valence-electron chi connectivity index (χ0n) is 26.2. The summed E-state index contributed by atoms with van der Waals surface area (Å²) >= 11 is 2.58.